The summed E-state index contributed by atoms with van der Waals surface area (Å²) in [5.74, 6) is -1.85. The van der Waals surface area contributed by atoms with Crippen LogP contribution in [0.2, 0.25) is 0 Å². The van der Waals surface area contributed by atoms with Crippen LogP contribution in [0.4, 0.5) is 11.4 Å². The van der Waals surface area contributed by atoms with E-state index in [9.17, 15) is 9.59 Å². The summed E-state index contributed by atoms with van der Waals surface area (Å²) < 4.78 is 0. The zero-order valence-corrected chi connectivity index (χ0v) is 33.8. The molecule has 18 N–H and O–H groups in total. The number of halogens is 4. The van der Waals surface area contributed by atoms with Crippen LogP contribution in [0.1, 0.15) is 86.8 Å². The van der Waals surface area contributed by atoms with Crippen molar-refractivity contribution in [2.75, 3.05) is 4.90 Å². The minimum Gasteiger partial charge on any atom is -0.370 e. The topological polar surface area (TPSA) is 360 Å². The highest BCUT2D eigenvalue weighted by molar-refractivity contribution is 6.11. The highest BCUT2D eigenvalue weighted by atomic mass is 35.5. The first-order valence-electron chi connectivity index (χ1n) is 15.5. The minimum absolute atomic E-state index is 0. The fourth-order valence-corrected chi connectivity index (χ4v) is 4.49. The number of ketones is 1. The van der Waals surface area contributed by atoms with Gasteiger partial charge in [0.1, 0.15) is 5.84 Å². The molecule has 1 amide bonds. The van der Waals surface area contributed by atoms with Gasteiger partial charge >= 0.3 is 0 Å². The Hall–Kier alpha value is -5.70. The number of benzene rings is 2. The van der Waals surface area contributed by atoms with Gasteiger partial charge in [0.25, 0.3) is 0 Å². The zero-order valence-electron chi connectivity index (χ0n) is 30.6. The number of Topliss-reactive ketones (excluding diaryl/α,β-unsaturated/α-hetero) is 1. The van der Waals surface area contributed by atoms with Crippen LogP contribution in [0.15, 0.2) is 56.8 Å². The van der Waals surface area contributed by atoms with Gasteiger partial charge < -0.3 is 28.7 Å². The van der Waals surface area contributed by atoms with Crippen molar-refractivity contribution in [2.45, 2.75) is 59.8 Å². The number of rotatable bonds is 16. The van der Waals surface area contributed by atoms with Crippen LogP contribution in [0.25, 0.3) is 0 Å². The third-order valence-corrected chi connectivity index (χ3v) is 6.93. The molecule has 2 aromatic rings. The van der Waals surface area contributed by atoms with Gasteiger partial charge in [-0.05, 0) is 76.9 Å². The van der Waals surface area contributed by atoms with Gasteiger partial charge in [0.05, 0.1) is 17.1 Å². The quantitative estimate of drug-likeness (QED) is 0.0383. The number of nitrogens with zero attached hydrogens (tertiary/aromatic N) is 5. The number of primary amides is 1. The molecule has 0 aromatic heterocycles. The number of unbranched alkanes of at least 4 members (excludes halogenated alkanes) is 2. The largest absolute Gasteiger partial charge is 0.370 e. The number of hydrogen-bond acceptors (Lipinski definition) is 10. The van der Waals surface area contributed by atoms with Crippen LogP contribution in [-0.2, 0) is 4.79 Å². The lowest BCUT2D eigenvalue weighted by atomic mass is 10.00. The van der Waals surface area contributed by atoms with Gasteiger partial charge in [-0.3, -0.25) is 36.1 Å². The van der Waals surface area contributed by atoms with Crippen molar-refractivity contribution < 1.29 is 9.59 Å². The van der Waals surface area contributed by atoms with Crippen LogP contribution in [0, 0.1) is 21.6 Å². The van der Waals surface area contributed by atoms with E-state index in [1.54, 1.807) is 62.1 Å². The number of nitrogens with one attached hydrogen (secondary N) is 8. The fraction of sp³-hybridized carbons (Fsp3) is 0.290. The molecule has 0 aliphatic heterocycles. The maximum atomic E-state index is 12.9. The summed E-state index contributed by atoms with van der Waals surface area (Å²) in [6.45, 7) is 6.49. The molecule has 20 nitrogen and oxygen atoms in total. The normalized spacial score (nSPS) is 11.2. The molecule has 2 aromatic carbocycles. The van der Waals surface area contributed by atoms with Crippen molar-refractivity contribution in [1.29, 1.82) is 21.6 Å². The molecule has 24 heteroatoms. The summed E-state index contributed by atoms with van der Waals surface area (Å²) >= 11 is 0. The number of carbonyl (C=O) groups is 2. The Bertz CT molecular complexity index is 1760. The third kappa shape index (κ3) is 18.8. The fourth-order valence-electron chi connectivity index (χ4n) is 4.49. The molecule has 0 fully saturated rings. The predicted octanol–water partition coefficient (Wildman–Crippen LogP) is 2.57. The lowest BCUT2D eigenvalue weighted by Crippen LogP contribution is -2.33. The van der Waals surface area contributed by atoms with Crippen molar-refractivity contribution in [3.05, 3.63) is 58.7 Å². The number of hydrazone groups is 4. The van der Waals surface area contributed by atoms with Gasteiger partial charge in [-0.15, -0.1) is 49.6 Å². The molecular formula is C31H50Cl4N18O2. The van der Waals surface area contributed by atoms with Crippen molar-refractivity contribution in [3.63, 3.8) is 0 Å². The van der Waals surface area contributed by atoms with Crippen molar-refractivity contribution in [2.24, 2.45) is 49.1 Å². The molecule has 0 spiro atoms. The van der Waals surface area contributed by atoms with Gasteiger partial charge in [0.2, 0.25) is 29.7 Å². The summed E-state index contributed by atoms with van der Waals surface area (Å²) in [5, 5.41) is 47.5. The molecule has 0 heterocycles. The minimum atomic E-state index is -0.427. The van der Waals surface area contributed by atoms with Crippen LogP contribution >= 0.6 is 49.6 Å². The lowest BCUT2D eigenvalue weighted by Gasteiger charge is -2.29. The molecule has 0 aliphatic rings. The Kier molecular flexibility index (Phi) is 25.5. The van der Waals surface area contributed by atoms with E-state index in [2.05, 4.69) is 42.1 Å². The van der Waals surface area contributed by atoms with Crippen LogP contribution in [-0.4, -0.2) is 58.5 Å². The number of nitrogens with two attached hydrogens (primary N) is 5. The van der Waals surface area contributed by atoms with Gasteiger partial charge in [-0.1, -0.05) is 6.42 Å². The van der Waals surface area contributed by atoms with E-state index in [1.807, 2.05) is 0 Å². The summed E-state index contributed by atoms with van der Waals surface area (Å²) in [6, 6.07) is 10.4. The molecule has 0 unspecified atom stereocenters. The highest BCUT2D eigenvalue weighted by Crippen LogP contribution is 2.32. The average Bonchev–Trinajstić information content (AvgIpc) is 3.06. The molecular weight excluding hydrogens is 798 g/mol. The highest BCUT2D eigenvalue weighted by Gasteiger charge is 2.22. The molecule has 55 heavy (non-hydrogen) atoms. The molecule has 0 bridgehead atoms. The maximum Gasteiger partial charge on any atom is 0.217 e. The smallest absolute Gasteiger partial charge is 0.217 e. The van der Waals surface area contributed by atoms with E-state index in [4.69, 9.17) is 50.3 Å². The summed E-state index contributed by atoms with van der Waals surface area (Å²) in [5.41, 5.74) is 41.4. The Morgan fingerprint density at radius 3 is 1.20 bits per heavy atom. The van der Waals surface area contributed by atoms with E-state index < -0.39 is 11.9 Å². The summed E-state index contributed by atoms with van der Waals surface area (Å²) in [7, 11) is 0. The molecule has 0 aliphatic carbocycles. The van der Waals surface area contributed by atoms with Crippen LogP contribution < -0.4 is 55.3 Å². The molecule has 304 valence electrons. The third-order valence-electron chi connectivity index (χ3n) is 6.93. The van der Waals surface area contributed by atoms with E-state index >= 15 is 0 Å². The van der Waals surface area contributed by atoms with Gasteiger partial charge in [0, 0.05) is 46.5 Å². The molecule has 0 saturated heterocycles. The standard InChI is InChI=1S/C31H46N18O2.4ClH/c1-16(41-45-28(33)34)20-10-21(17(2)42-46-29(35)36)13-24(12-20)49(27(44-48-31(39)40)9-7-5-6-8-26(32)51)25-14-22(11-23(15-25)19(4)50)18(3)43-47-30(37)38;;;;/h10-15H,5-9H2,1-4H3,(H2,32,51)(H4,33,34,45)(H4,35,36,46)(H4,37,38,47)(H4,39,40,48);4*1H. The Morgan fingerprint density at radius 2 is 0.855 bits per heavy atom. The molecule has 0 saturated carbocycles. The Labute approximate surface area is 343 Å². The summed E-state index contributed by atoms with van der Waals surface area (Å²) in [4.78, 5) is 26.0. The molecule has 0 radical (unpaired) electrons. The monoisotopic (exact) mass is 846 g/mol. The number of anilines is 2. The Balaban J connectivity index is -0.00000676. The second-order valence-corrected chi connectivity index (χ2v) is 11.2. The maximum absolute atomic E-state index is 12.9. The Morgan fingerprint density at radius 1 is 0.527 bits per heavy atom. The van der Waals surface area contributed by atoms with E-state index in [-0.39, 0.29) is 79.7 Å². The van der Waals surface area contributed by atoms with E-state index in [1.165, 1.54) is 6.92 Å². The first kappa shape index (κ1) is 53.7. The van der Waals surface area contributed by atoms with Gasteiger partial charge in [-0.2, -0.15) is 20.4 Å². The molecule has 2 rings (SSSR count). The first-order valence-corrected chi connectivity index (χ1v) is 15.5. The van der Waals surface area contributed by atoms with Crippen LogP contribution in [0.5, 0.6) is 0 Å². The summed E-state index contributed by atoms with van der Waals surface area (Å²) in [6.07, 6.45) is 2.22. The number of amides is 1. The van der Waals surface area contributed by atoms with E-state index in [0.29, 0.717) is 82.3 Å². The lowest BCUT2D eigenvalue weighted by molar-refractivity contribution is -0.118. The van der Waals surface area contributed by atoms with Crippen LogP contribution in [0.3, 0.4) is 0 Å². The number of amidine groups is 1. The second-order valence-electron chi connectivity index (χ2n) is 11.2. The number of hydrogen-bond donors (Lipinski definition) is 13. The number of carbonyl (C=O) groups excluding carboxylic acids is 2. The van der Waals surface area contributed by atoms with Crippen molar-refractivity contribution >= 4 is 120 Å². The van der Waals surface area contributed by atoms with Crippen molar-refractivity contribution in [3.8, 4) is 0 Å². The number of guanidine groups is 4. The van der Waals surface area contributed by atoms with E-state index in [0.717, 1.165) is 0 Å². The van der Waals surface area contributed by atoms with Gasteiger partial charge in [-0.25, -0.2) is 21.7 Å². The average molecular weight is 849 g/mol. The molecule has 0 atom stereocenters. The zero-order chi connectivity index (χ0) is 38.2. The second kappa shape index (κ2) is 26.1. The SMILES string of the molecule is CC(=O)c1cc(C(C)=NNC(=N)N)cc(N(C(CCCCCC(N)=O)=NNC(=N)N)c2cc(C(C)=NNC(=N)N)cc(C(C)=NNC(=N)N)c2)c1.Cl.Cl.Cl.Cl. The first-order chi connectivity index (χ1) is 24.0. The van der Waals surface area contributed by atoms with Crippen molar-refractivity contribution in [1.82, 2.24) is 21.7 Å². The van der Waals surface area contributed by atoms with Gasteiger partial charge in [0.15, 0.2) is 5.78 Å². The predicted molar refractivity (Wildman–Crippen MR) is 231 cm³/mol.